The molecule has 0 bridgehead atoms. The van der Waals surface area contributed by atoms with Crippen molar-refractivity contribution >= 4 is 17.4 Å². The molecule has 2 aromatic rings. The molecule has 0 N–H and O–H groups in total. The van der Waals surface area contributed by atoms with Gasteiger partial charge in [-0.1, -0.05) is 19.4 Å². The van der Waals surface area contributed by atoms with Gasteiger partial charge in [-0.05, 0) is 68.7 Å². The Balaban J connectivity index is 1.34. The number of aromatic nitrogens is 1. The standard InChI is InChI=1S/C24H32N2O3/c1-2-18-3-7-22(8-4-18)29-23-9-10-24-19(15-23)5-6-20(25-24)16-26-13-11-21(12-14-26)28-17-27/h5-6,9-10,15,17-18,21-22H,2-4,7-8,11-14,16H2,1H3/t18-,22+. The summed E-state index contributed by atoms with van der Waals surface area (Å²) in [4.78, 5) is 17.7. The van der Waals surface area contributed by atoms with E-state index >= 15 is 0 Å². The average molecular weight is 397 g/mol. The van der Waals surface area contributed by atoms with Gasteiger partial charge in [0, 0.05) is 25.0 Å². The van der Waals surface area contributed by atoms with Crippen LogP contribution in [0.5, 0.6) is 5.75 Å². The Morgan fingerprint density at radius 2 is 1.83 bits per heavy atom. The minimum atomic E-state index is 0.0729. The van der Waals surface area contributed by atoms with Crippen LogP contribution in [0.1, 0.15) is 57.6 Å². The maximum absolute atomic E-state index is 10.5. The molecule has 0 atom stereocenters. The van der Waals surface area contributed by atoms with E-state index in [9.17, 15) is 4.79 Å². The van der Waals surface area contributed by atoms with Crippen LogP contribution in [-0.4, -0.2) is 41.7 Å². The van der Waals surface area contributed by atoms with Crippen molar-refractivity contribution in [3.63, 3.8) is 0 Å². The van der Waals surface area contributed by atoms with E-state index < -0.39 is 0 Å². The Morgan fingerprint density at radius 3 is 2.55 bits per heavy atom. The molecule has 2 fully saturated rings. The SMILES string of the molecule is CC[C@H]1CC[C@@H](Oc2ccc3nc(CN4CCC(OC=O)CC4)ccc3c2)CC1. The zero-order valence-electron chi connectivity index (χ0n) is 17.4. The third-order valence-electron chi connectivity index (χ3n) is 6.56. The monoisotopic (exact) mass is 396 g/mol. The molecule has 0 unspecified atom stereocenters. The van der Waals surface area contributed by atoms with Crippen LogP contribution >= 0.6 is 0 Å². The van der Waals surface area contributed by atoms with Crippen molar-refractivity contribution in [3.05, 3.63) is 36.0 Å². The number of benzene rings is 1. The van der Waals surface area contributed by atoms with E-state index in [0.717, 1.165) is 60.7 Å². The van der Waals surface area contributed by atoms with E-state index in [1.54, 1.807) is 0 Å². The van der Waals surface area contributed by atoms with Crippen molar-refractivity contribution in [1.82, 2.24) is 9.88 Å². The molecule has 2 aliphatic rings. The number of ether oxygens (including phenoxy) is 2. The molecule has 1 saturated heterocycles. The molecule has 2 heterocycles. The van der Waals surface area contributed by atoms with Crippen LogP contribution in [0.4, 0.5) is 0 Å². The summed E-state index contributed by atoms with van der Waals surface area (Å²) in [5.41, 5.74) is 2.10. The molecule has 29 heavy (non-hydrogen) atoms. The van der Waals surface area contributed by atoms with Crippen LogP contribution in [0.15, 0.2) is 30.3 Å². The predicted molar refractivity (Wildman–Crippen MR) is 114 cm³/mol. The summed E-state index contributed by atoms with van der Waals surface area (Å²) in [6.07, 6.45) is 8.43. The molecule has 0 radical (unpaired) electrons. The lowest BCUT2D eigenvalue weighted by Crippen LogP contribution is -2.36. The Hall–Kier alpha value is -2.14. The van der Waals surface area contributed by atoms with Gasteiger partial charge in [0.05, 0.1) is 17.3 Å². The second-order valence-corrected chi connectivity index (χ2v) is 8.53. The highest BCUT2D eigenvalue weighted by atomic mass is 16.5. The minimum Gasteiger partial charge on any atom is -0.490 e. The van der Waals surface area contributed by atoms with Crippen molar-refractivity contribution in [3.8, 4) is 5.75 Å². The van der Waals surface area contributed by atoms with Gasteiger partial charge in [-0.15, -0.1) is 0 Å². The summed E-state index contributed by atoms with van der Waals surface area (Å²) in [6.45, 7) is 5.57. The molecule has 0 amide bonds. The Labute approximate surface area is 173 Å². The van der Waals surface area contributed by atoms with Crippen molar-refractivity contribution in [2.24, 2.45) is 5.92 Å². The topological polar surface area (TPSA) is 51.7 Å². The highest BCUT2D eigenvalue weighted by Crippen LogP contribution is 2.30. The molecule has 1 aliphatic carbocycles. The molecule has 1 aromatic heterocycles. The number of hydrogen-bond acceptors (Lipinski definition) is 5. The molecule has 5 nitrogen and oxygen atoms in total. The van der Waals surface area contributed by atoms with Crippen LogP contribution in [-0.2, 0) is 16.1 Å². The number of rotatable bonds is 7. The number of carbonyl (C=O) groups excluding carboxylic acids is 1. The van der Waals surface area contributed by atoms with E-state index in [-0.39, 0.29) is 6.10 Å². The van der Waals surface area contributed by atoms with E-state index in [4.69, 9.17) is 14.5 Å². The fraction of sp³-hybridized carbons (Fsp3) is 0.583. The lowest BCUT2D eigenvalue weighted by molar-refractivity contribution is -0.135. The lowest BCUT2D eigenvalue weighted by Gasteiger charge is -2.30. The molecule has 1 aromatic carbocycles. The predicted octanol–water partition coefficient (Wildman–Crippen LogP) is 4.72. The molecule has 0 spiro atoms. The Morgan fingerprint density at radius 1 is 1.03 bits per heavy atom. The van der Waals surface area contributed by atoms with Gasteiger partial charge in [-0.25, -0.2) is 0 Å². The van der Waals surface area contributed by atoms with Crippen molar-refractivity contribution in [1.29, 1.82) is 0 Å². The Kier molecular flexibility index (Phi) is 6.65. The zero-order chi connectivity index (χ0) is 20.1. The highest BCUT2D eigenvalue weighted by Gasteiger charge is 2.22. The fourth-order valence-electron chi connectivity index (χ4n) is 4.67. The van der Waals surface area contributed by atoms with Gasteiger partial charge in [-0.2, -0.15) is 0 Å². The molecular weight excluding hydrogens is 364 g/mol. The largest absolute Gasteiger partial charge is 0.490 e. The van der Waals surface area contributed by atoms with Crippen LogP contribution in [0.25, 0.3) is 10.9 Å². The number of likely N-dealkylation sites (tertiary alicyclic amines) is 1. The first-order valence-corrected chi connectivity index (χ1v) is 11.1. The number of hydrogen-bond donors (Lipinski definition) is 0. The molecule has 1 saturated carbocycles. The molecule has 4 rings (SSSR count). The zero-order valence-corrected chi connectivity index (χ0v) is 17.4. The van der Waals surface area contributed by atoms with E-state index in [2.05, 4.69) is 42.2 Å². The van der Waals surface area contributed by atoms with Gasteiger partial charge < -0.3 is 9.47 Å². The number of nitrogens with zero attached hydrogens (tertiary/aromatic N) is 2. The molecular formula is C24H32N2O3. The quantitative estimate of drug-likeness (QED) is 0.634. The van der Waals surface area contributed by atoms with E-state index in [1.807, 2.05) is 0 Å². The first kappa shape index (κ1) is 20.1. The summed E-state index contributed by atoms with van der Waals surface area (Å²) < 4.78 is 11.3. The van der Waals surface area contributed by atoms with E-state index in [0.29, 0.717) is 12.6 Å². The number of fused-ring (bicyclic) bond motifs is 1. The normalized spacial score (nSPS) is 23.8. The number of piperidine rings is 1. The number of pyridine rings is 1. The fourth-order valence-corrected chi connectivity index (χ4v) is 4.67. The summed E-state index contributed by atoms with van der Waals surface area (Å²) in [6, 6.07) is 10.5. The maximum atomic E-state index is 10.5. The smallest absolute Gasteiger partial charge is 0.293 e. The number of carbonyl (C=O) groups is 1. The van der Waals surface area contributed by atoms with Crippen molar-refractivity contribution in [2.75, 3.05) is 13.1 Å². The van der Waals surface area contributed by atoms with Gasteiger partial charge >= 0.3 is 0 Å². The van der Waals surface area contributed by atoms with Crippen molar-refractivity contribution < 1.29 is 14.3 Å². The van der Waals surface area contributed by atoms with Gasteiger partial charge in [0.15, 0.2) is 0 Å². The maximum Gasteiger partial charge on any atom is 0.293 e. The van der Waals surface area contributed by atoms with Gasteiger partial charge in [0.25, 0.3) is 6.47 Å². The molecule has 1 aliphatic heterocycles. The second kappa shape index (κ2) is 9.57. The summed E-state index contributed by atoms with van der Waals surface area (Å²) in [7, 11) is 0. The van der Waals surface area contributed by atoms with Gasteiger partial charge in [0.2, 0.25) is 0 Å². The van der Waals surface area contributed by atoms with Crippen LogP contribution in [0, 0.1) is 5.92 Å². The minimum absolute atomic E-state index is 0.0729. The summed E-state index contributed by atoms with van der Waals surface area (Å²) in [5.74, 6) is 1.85. The average Bonchev–Trinajstić information content (AvgIpc) is 2.76. The Bertz CT molecular complexity index is 809. The second-order valence-electron chi connectivity index (χ2n) is 8.53. The van der Waals surface area contributed by atoms with Gasteiger partial charge in [0.1, 0.15) is 11.9 Å². The molecule has 156 valence electrons. The molecule has 5 heteroatoms. The third-order valence-corrected chi connectivity index (χ3v) is 6.56. The summed E-state index contributed by atoms with van der Waals surface area (Å²) >= 11 is 0. The summed E-state index contributed by atoms with van der Waals surface area (Å²) in [5, 5.41) is 1.13. The van der Waals surface area contributed by atoms with Crippen LogP contribution in [0.3, 0.4) is 0 Å². The van der Waals surface area contributed by atoms with Crippen LogP contribution in [0.2, 0.25) is 0 Å². The van der Waals surface area contributed by atoms with E-state index in [1.165, 1.54) is 32.1 Å². The lowest BCUT2D eigenvalue weighted by atomic mass is 9.86. The van der Waals surface area contributed by atoms with Crippen LogP contribution < -0.4 is 4.74 Å². The first-order chi connectivity index (χ1) is 14.2. The van der Waals surface area contributed by atoms with Gasteiger partial charge in [-0.3, -0.25) is 14.7 Å². The first-order valence-electron chi connectivity index (χ1n) is 11.1. The third kappa shape index (κ3) is 5.27. The van der Waals surface area contributed by atoms with Crippen molar-refractivity contribution in [2.45, 2.75) is 70.6 Å². The highest BCUT2D eigenvalue weighted by molar-refractivity contribution is 5.80.